The van der Waals surface area contributed by atoms with E-state index in [1.165, 1.54) is 0 Å². The molecule has 6 nitrogen and oxygen atoms in total. The van der Waals surface area contributed by atoms with Gasteiger partial charge in [0.2, 0.25) is 0 Å². The van der Waals surface area contributed by atoms with Gasteiger partial charge in [0.1, 0.15) is 11.4 Å². The molecule has 0 saturated carbocycles. The van der Waals surface area contributed by atoms with Gasteiger partial charge in [-0.25, -0.2) is 4.68 Å². The van der Waals surface area contributed by atoms with Crippen LogP contribution in [-0.4, -0.2) is 25.8 Å². The highest BCUT2D eigenvalue weighted by Gasteiger charge is 2.21. The van der Waals surface area contributed by atoms with Crippen LogP contribution in [-0.2, 0) is 4.79 Å². The Hall–Kier alpha value is -3.32. The molecule has 122 valence electrons. The van der Waals surface area contributed by atoms with Crippen molar-refractivity contribution in [2.45, 2.75) is 0 Å². The summed E-state index contributed by atoms with van der Waals surface area (Å²) < 4.78 is 1.78. The number of aromatic nitrogens is 3. The van der Waals surface area contributed by atoms with E-state index < -0.39 is 0 Å². The third-order valence-corrected chi connectivity index (χ3v) is 3.92. The smallest absolute Gasteiger partial charge is 0.273 e. The first-order valence-electron chi connectivity index (χ1n) is 7.60. The molecule has 0 unspecified atom stereocenters. The van der Waals surface area contributed by atoms with Gasteiger partial charge in [-0.05, 0) is 42.6 Å². The largest absolute Gasteiger partial charge is 0.328 e. The fourth-order valence-electron chi connectivity index (χ4n) is 2.57. The second-order valence-corrected chi connectivity index (χ2v) is 5.83. The van der Waals surface area contributed by atoms with Crippen molar-refractivity contribution in [1.29, 1.82) is 0 Å². The molecular weight excluding hydrogens is 334 g/mol. The van der Waals surface area contributed by atoms with E-state index >= 15 is 0 Å². The third-order valence-electron chi connectivity index (χ3n) is 3.72. The maximum Gasteiger partial charge on any atom is 0.273 e. The molecule has 3 heterocycles. The minimum Gasteiger partial charge on any atom is -0.328 e. The highest BCUT2D eigenvalue weighted by molar-refractivity contribution is 7.80. The Bertz CT molecular complexity index is 979. The number of para-hydroxylation sites is 1. The standard InChI is InChI=1S/C18H13N5OS/c24-17-15(20-18(25)21-17)9-13-11-23(14-6-2-1-3-7-14)22-16(13)12-5-4-8-19-10-12/h1-11H,(H2,20,21,24,25)/b15-9-. The average Bonchev–Trinajstić information content (AvgIpc) is 3.20. The van der Waals surface area contributed by atoms with Crippen LogP contribution in [0.1, 0.15) is 5.56 Å². The van der Waals surface area contributed by atoms with Crippen LogP contribution < -0.4 is 10.6 Å². The monoisotopic (exact) mass is 347 g/mol. The van der Waals surface area contributed by atoms with Crippen molar-refractivity contribution < 1.29 is 4.79 Å². The third kappa shape index (κ3) is 3.05. The van der Waals surface area contributed by atoms with Gasteiger partial charge in [0.05, 0.1) is 5.69 Å². The summed E-state index contributed by atoms with van der Waals surface area (Å²) in [7, 11) is 0. The molecule has 25 heavy (non-hydrogen) atoms. The Morgan fingerprint density at radius 3 is 2.60 bits per heavy atom. The van der Waals surface area contributed by atoms with Crippen LogP contribution in [0.3, 0.4) is 0 Å². The quantitative estimate of drug-likeness (QED) is 0.562. The van der Waals surface area contributed by atoms with Gasteiger partial charge in [0, 0.05) is 29.7 Å². The number of carbonyl (C=O) groups excluding carboxylic acids is 1. The number of rotatable bonds is 3. The molecule has 0 atom stereocenters. The number of nitrogens with one attached hydrogen (secondary N) is 2. The van der Waals surface area contributed by atoms with Crippen molar-refractivity contribution in [2.24, 2.45) is 0 Å². The van der Waals surface area contributed by atoms with Gasteiger partial charge in [-0.2, -0.15) is 5.10 Å². The summed E-state index contributed by atoms with van der Waals surface area (Å²) in [5.74, 6) is -0.255. The Kier molecular flexibility index (Phi) is 3.83. The second-order valence-electron chi connectivity index (χ2n) is 5.42. The lowest BCUT2D eigenvalue weighted by Gasteiger charge is -2.00. The lowest BCUT2D eigenvalue weighted by Crippen LogP contribution is -2.21. The first kappa shape index (κ1) is 15.2. The molecule has 0 spiro atoms. The van der Waals surface area contributed by atoms with Gasteiger partial charge in [0.25, 0.3) is 5.91 Å². The first-order chi connectivity index (χ1) is 12.2. The Morgan fingerprint density at radius 1 is 1.08 bits per heavy atom. The molecule has 1 amide bonds. The fourth-order valence-corrected chi connectivity index (χ4v) is 2.77. The van der Waals surface area contributed by atoms with E-state index in [0.29, 0.717) is 10.8 Å². The molecule has 1 fully saturated rings. The molecule has 4 rings (SSSR count). The van der Waals surface area contributed by atoms with Gasteiger partial charge < -0.3 is 5.32 Å². The summed E-state index contributed by atoms with van der Waals surface area (Å²) >= 11 is 4.98. The van der Waals surface area contributed by atoms with Crippen molar-refractivity contribution in [3.8, 4) is 16.9 Å². The molecular formula is C18H13N5OS. The lowest BCUT2D eigenvalue weighted by atomic mass is 10.1. The van der Waals surface area contributed by atoms with Crippen LogP contribution in [0.25, 0.3) is 23.0 Å². The van der Waals surface area contributed by atoms with E-state index in [1.54, 1.807) is 23.2 Å². The minimum atomic E-state index is -0.255. The van der Waals surface area contributed by atoms with E-state index in [2.05, 4.69) is 20.7 Å². The van der Waals surface area contributed by atoms with Crippen molar-refractivity contribution in [2.75, 3.05) is 0 Å². The SMILES string of the molecule is O=C1NC(=S)N/C1=C\c1cn(-c2ccccc2)nc1-c1cccnc1. The fraction of sp³-hybridized carbons (Fsp3) is 0. The number of benzene rings is 1. The molecule has 1 aromatic carbocycles. The summed E-state index contributed by atoms with van der Waals surface area (Å²) in [5.41, 5.74) is 3.71. The van der Waals surface area contributed by atoms with E-state index in [9.17, 15) is 4.79 Å². The average molecular weight is 347 g/mol. The molecule has 2 N–H and O–H groups in total. The van der Waals surface area contributed by atoms with Crippen LogP contribution in [0.4, 0.5) is 0 Å². The van der Waals surface area contributed by atoms with Gasteiger partial charge in [-0.1, -0.05) is 18.2 Å². The second kappa shape index (κ2) is 6.29. The highest BCUT2D eigenvalue weighted by Crippen LogP contribution is 2.25. The molecule has 1 saturated heterocycles. The predicted molar refractivity (Wildman–Crippen MR) is 98.6 cm³/mol. The van der Waals surface area contributed by atoms with Crippen molar-refractivity contribution >= 4 is 29.3 Å². The number of carbonyl (C=O) groups is 1. The van der Waals surface area contributed by atoms with Crippen molar-refractivity contribution in [3.05, 3.63) is 72.3 Å². The summed E-state index contributed by atoms with van der Waals surface area (Å²) in [5, 5.41) is 10.4. The summed E-state index contributed by atoms with van der Waals surface area (Å²) in [6.45, 7) is 0. The van der Waals surface area contributed by atoms with Crippen LogP contribution in [0.2, 0.25) is 0 Å². The molecule has 2 aromatic heterocycles. The Balaban J connectivity index is 1.84. The van der Waals surface area contributed by atoms with Gasteiger partial charge in [-0.15, -0.1) is 0 Å². The zero-order valence-electron chi connectivity index (χ0n) is 13.0. The molecule has 0 bridgehead atoms. The van der Waals surface area contributed by atoms with Gasteiger partial charge >= 0.3 is 0 Å². The zero-order chi connectivity index (χ0) is 17.2. The predicted octanol–water partition coefficient (Wildman–Crippen LogP) is 2.28. The lowest BCUT2D eigenvalue weighted by molar-refractivity contribution is -0.115. The maximum absolute atomic E-state index is 11.9. The van der Waals surface area contributed by atoms with Crippen molar-refractivity contribution in [1.82, 2.24) is 25.4 Å². The van der Waals surface area contributed by atoms with Crippen LogP contribution in [0.15, 0.2) is 66.8 Å². The van der Waals surface area contributed by atoms with E-state index in [-0.39, 0.29) is 5.91 Å². The number of nitrogens with zero attached hydrogens (tertiary/aromatic N) is 3. The molecule has 0 aliphatic carbocycles. The van der Waals surface area contributed by atoms with Gasteiger partial charge in [0.15, 0.2) is 5.11 Å². The summed E-state index contributed by atoms with van der Waals surface area (Å²) in [6.07, 6.45) is 7.07. The van der Waals surface area contributed by atoms with Crippen LogP contribution >= 0.6 is 12.2 Å². The summed E-state index contributed by atoms with van der Waals surface area (Å²) in [4.78, 5) is 16.1. The molecule has 0 radical (unpaired) electrons. The summed E-state index contributed by atoms with van der Waals surface area (Å²) in [6, 6.07) is 13.6. The maximum atomic E-state index is 11.9. The molecule has 1 aliphatic rings. The van der Waals surface area contributed by atoms with E-state index in [1.807, 2.05) is 48.7 Å². The number of hydrogen-bond acceptors (Lipinski definition) is 4. The number of hydrogen-bond donors (Lipinski definition) is 2. The topological polar surface area (TPSA) is 71.8 Å². The van der Waals surface area contributed by atoms with Crippen molar-refractivity contribution in [3.63, 3.8) is 0 Å². The molecule has 3 aromatic rings. The Labute approximate surface area is 149 Å². The first-order valence-corrected chi connectivity index (χ1v) is 8.01. The Morgan fingerprint density at radius 2 is 1.92 bits per heavy atom. The molecule has 7 heteroatoms. The number of thiocarbonyl (C=S) groups is 1. The van der Waals surface area contributed by atoms with E-state index in [4.69, 9.17) is 12.2 Å². The van der Waals surface area contributed by atoms with Gasteiger partial charge in [-0.3, -0.25) is 15.1 Å². The minimum absolute atomic E-state index is 0.255. The van der Waals surface area contributed by atoms with Crippen LogP contribution in [0.5, 0.6) is 0 Å². The number of pyridine rings is 1. The zero-order valence-corrected chi connectivity index (χ0v) is 13.8. The normalized spacial score (nSPS) is 15.3. The molecule has 1 aliphatic heterocycles. The van der Waals surface area contributed by atoms with Crippen LogP contribution in [0, 0.1) is 0 Å². The highest BCUT2D eigenvalue weighted by atomic mass is 32.1. The number of amides is 1. The van der Waals surface area contributed by atoms with E-state index in [0.717, 1.165) is 22.5 Å².